The van der Waals surface area contributed by atoms with E-state index in [0.717, 1.165) is 41.8 Å². The first-order chi connectivity index (χ1) is 16.0. The number of benzene rings is 3. The number of fused-ring (bicyclic) bond motifs is 1. The van der Waals surface area contributed by atoms with E-state index in [4.69, 9.17) is 4.74 Å². The van der Waals surface area contributed by atoms with E-state index in [-0.39, 0.29) is 17.2 Å². The lowest BCUT2D eigenvalue weighted by molar-refractivity contribution is 0.0734. The summed E-state index contributed by atoms with van der Waals surface area (Å²) in [7, 11) is 1.20. The van der Waals surface area contributed by atoms with Crippen LogP contribution in [0.2, 0.25) is 0 Å². The number of aryl methyl sites for hydroxylation is 3. The second-order valence-electron chi connectivity index (χ2n) is 8.40. The smallest absolute Gasteiger partial charge is 0.343 e. The summed E-state index contributed by atoms with van der Waals surface area (Å²) in [5, 5.41) is 0.0796. The van der Waals surface area contributed by atoms with Crippen LogP contribution < -0.4 is 9.64 Å². The van der Waals surface area contributed by atoms with Gasteiger partial charge in [-0.15, -0.1) is 11.8 Å². The first kappa shape index (κ1) is 22.2. The van der Waals surface area contributed by atoms with Crippen LogP contribution in [-0.4, -0.2) is 23.8 Å². The standard InChI is InChI=1S/C27H25FNO2PS/c1-17-14-21(27(30)31-23-12-8-18-4-3-5-20(18)15-23)9-13-24(17)29-25(32-2)16-33-26(29)19-6-10-22(28)11-7-19/h6-15,26H,3-5,16H2,1-2H3. The number of carbonyl (C=O) groups is 1. The van der Waals surface area contributed by atoms with Gasteiger partial charge in [-0.05, 0) is 97.6 Å². The minimum Gasteiger partial charge on any atom is -0.423 e. The Labute approximate surface area is 199 Å². The van der Waals surface area contributed by atoms with Crippen molar-refractivity contribution >= 4 is 37.0 Å². The fourth-order valence-electron chi connectivity index (χ4n) is 4.57. The van der Waals surface area contributed by atoms with Gasteiger partial charge in [0.05, 0.1) is 11.0 Å². The van der Waals surface area contributed by atoms with Crippen molar-refractivity contribution in [1.82, 2.24) is 0 Å². The summed E-state index contributed by atoms with van der Waals surface area (Å²) >= 11 is 1.84. The molecule has 33 heavy (non-hydrogen) atoms. The van der Waals surface area contributed by atoms with Gasteiger partial charge in [0, 0.05) is 11.4 Å². The van der Waals surface area contributed by atoms with Crippen molar-refractivity contribution < 1.29 is 13.9 Å². The normalized spacial score (nSPS) is 18.6. The Hall–Kier alpha value is -2.62. The lowest BCUT2D eigenvalue weighted by Gasteiger charge is -2.28. The molecule has 0 radical (unpaired) electrons. The van der Waals surface area contributed by atoms with Crippen molar-refractivity contribution in [2.75, 3.05) is 17.3 Å². The average molecular weight is 478 g/mol. The van der Waals surface area contributed by atoms with Gasteiger partial charge < -0.3 is 9.64 Å². The predicted molar refractivity (Wildman–Crippen MR) is 137 cm³/mol. The summed E-state index contributed by atoms with van der Waals surface area (Å²) in [5.74, 6) is 0.955. The maximum Gasteiger partial charge on any atom is 0.343 e. The molecule has 0 bridgehead atoms. The number of halogens is 1. The molecule has 1 aliphatic heterocycles. The number of esters is 1. The number of thioether (sulfide) groups is 1. The average Bonchev–Trinajstić information content (AvgIpc) is 3.46. The largest absolute Gasteiger partial charge is 0.423 e. The number of hydrogen-bond donors (Lipinski definition) is 0. The van der Waals surface area contributed by atoms with E-state index in [1.807, 2.05) is 61.2 Å². The van der Waals surface area contributed by atoms with Crippen LogP contribution in [0.15, 0.2) is 60.7 Å². The van der Waals surface area contributed by atoms with Gasteiger partial charge in [-0.3, -0.25) is 0 Å². The number of anilines is 1. The third-order valence-corrected chi connectivity index (χ3v) is 8.61. The number of rotatable bonds is 4. The number of hydrogen-bond acceptors (Lipinski definition) is 3. The summed E-state index contributed by atoms with van der Waals surface area (Å²) in [6, 6.07) is 18.4. The molecule has 3 aromatic rings. The Morgan fingerprint density at radius 2 is 1.85 bits per heavy atom. The summed E-state index contributed by atoms with van der Waals surface area (Å²) in [6.07, 6.45) is 3.32. The van der Waals surface area contributed by atoms with Gasteiger partial charge in [-0.1, -0.05) is 26.4 Å². The minimum atomic E-state index is -0.341. The van der Waals surface area contributed by atoms with Gasteiger partial charge in [0.25, 0.3) is 0 Å². The monoisotopic (exact) mass is 477 g/mol. The van der Waals surface area contributed by atoms with Crippen molar-refractivity contribution in [1.29, 1.82) is 0 Å². The molecule has 0 amide bonds. The van der Waals surface area contributed by atoms with E-state index in [9.17, 15) is 9.18 Å². The molecule has 0 aromatic heterocycles. The van der Waals surface area contributed by atoms with Crippen LogP contribution in [0.1, 0.15) is 44.4 Å². The zero-order valence-corrected chi connectivity index (χ0v) is 20.4. The van der Waals surface area contributed by atoms with Gasteiger partial charge in [-0.2, -0.15) is 0 Å². The molecule has 1 saturated heterocycles. The molecule has 1 atom stereocenters. The molecule has 3 nitrogen and oxygen atoms in total. The Morgan fingerprint density at radius 1 is 1.06 bits per heavy atom. The van der Waals surface area contributed by atoms with E-state index in [0.29, 0.717) is 11.3 Å². The molecule has 0 saturated carbocycles. The Morgan fingerprint density at radius 3 is 2.61 bits per heavy atom. The Bertz CT molecular complexity index is 1240. The van der Waals surface area contributed by atoms with Gasteiger partial charge >= 0.3 is 5.97 Å². The third kappa shape index (κ3) is 4.45. The van der Waals surface area contributed by atoms with Crippen molar-refractivity contribution in [2.45, 2.75) is 31.6 Å². The molecule has 2 aliphatic rings. The first-order valence-corrected chi connectivity index (χ1v) is 13.5. The SMILES string of the molecule is CP=C1CSC(c2ccc(F)cc2)N1c1ccc(C(=O)Oc2ccc3c(c2)CCC3)cc1C. The zero-order valence-electron chi connectivity index (χ0n) is 18.7. The quantitative estimate of drug-likeness (QED) is 0.235. The van der Waals surface area contributed by atoms with Crippen LogP contribution in [0.3, 0.4) is 0 Å². The van der Waals surface area contributed by atoms with Crippen LogP contribution in [0, 0.1) is 12.7 Å². The minimum absolute atomic E-state index is 0.0796. The van der Waals surface area contributed by atoms with Gasteiger partial charge in [0.1, 0.15) is 16.9 Å². The van der Waals surface area contributed by atoms with E-state index in [1.165, 1.54) is 36.9 Å². The van der Waals surface area contributed by atoms with Crippen molar-refractivity contribution in [2.24, 2.45) is 0 Å². The third-order valence-electron chi connectivity index (χ3n) is 6.27. The highest BCUT2D eigenvalue weighted by Crippen LogP contribution is 2.44. The molecular weight excluding hydrogens is 452 g/mol. The maximum atomic E-state index is 13.5. The molecule has 168 valence electrons. The number of nitrogens with zero attached hydrogens (tertiary/aromatic N) is 1. The molecular formula is C27H25FNO2PS. The molecule has 5 rings (SSSR count). The molecule has 0 N–H and O–H groups in total. The summed E-state index contributed by atoms with van der Waals surface area (Å²) in [4.78, 5) is 15.2. The topological polar surface area (TPSA) is 29.5 Å². The molecule has 0 spiro atoms. The van der Waals surface area contributed by atoms with Gasteiger partial charge in [0.2, 0.25) is 0 Å². The molecule has 6 heteroatoms. The number of ether oxygens (including phenoxy) is 1. The maximum absolute atomic E-state index is 13.5. The second-order valence-corrected chi connectivity index (χ2v) is 10.4. The van der Waals surface area contributed by atoms with E-state index < -0.39 is 0 Å². The fourth-order valence-corrected chi connectivity index (χ4v) is 7.02. The molecule has 1 heterocycles. The van der Waals surface area contributed by atoms with Crippen molar-refractivity contribution in [3.05, 3.63) is 94.3 Å². The van der Waals surface area contributed by atoms with E-state index >= 15 is 0 Å². The van der Waals surface area contributed by atoms with Crippen LogP contribution in [0.4, 0.5) is 10.1 Å². The molecule has 1 fully saturated rings. The lowest BCUT2D eigenvalue weighted by atomic mass is 10.1. The van der Waals surface area contributed by atoms with Gasteiger partial charge in [0.15, 0.2) is 0 Å². The highest BCUT2D eigenvalue weighted by Gasteiger charge is 2.32. The summed E-state index contributed by atoms with van der Waals surface area (Å²) < 4.78 is 19.2. The second kappa shape index (κ2) is 9.32. The van der Waals surface area contributed by atoms with Crippen LogP contribution in [0.25, 0.3) is 0 Å². The Kier molecular flexibility index (Phi) is 6.27. The predicted octanol–water partition coefficient (Wildman–Crippen LogP) is 6.80. The van der Waals surface area contributed by atoms with Gasteiger partial charge in [-0.25, -0.2) is 9.18 Å². The first-order valence-electron chi connectivity index (χ1n) is 11.1. The highest BCUT2D eigenvalue weighted by atomic mass is 32.2. The molecule has 3 aromatic carbocycles. The Balaban J connectivity index is 1.40. The van der Waals surface area contributed by atoms with E-state index in [2.05, 4.69) is 17.6 Å². The van der Waals surface area contributed by atoms with E-state index in [1.54, 1.807) is 0 Å². The fraction of sp³-hybridized carbons (Fsp3) is 0.259. The van der Waals surface area contributed by atoms with Crippen LogP contribution in [-0.2, 0) is 12.8 Å². The van der Waals surface area contributed by atoms with Crippen LogP contribution >= 0.6 is 20.0 Å². The van der Waals surface area contributed by atoms with Crippen molar-refractivity contribution in [3.63, 3.8) is 0 Å². The van der Waals surface area contributed by atoms with Crippen molar-refractivity contribution in [3.8, 4) is 5.75 Å². The molecule has 1 aliphatic carbocycles. The summed E-state index contributed by atoms with van der Waals surface area (Å²) in [6.45, 7) is 4.16. The molecule has 1 unspecified atom stereocenters. The van der Waals surface area contributed by atoms with Crippen LogP contribution in [0.5, 0.6) is 5.75 Å². The lowest BCUT2D eigenvalue weighted by Crippen LogP contribution is -2.27. The zero-order chi connectivity index (χ0) is 22.9. The number of carbonyl (C=O) groups excluding carboxylic acids is 1. The summed E-state index contributed by atoms with van der Waals surface area (Å²) in [5.41, 5.74) is 7.62. The highest BCUT2D eigenvalue weighted by molar-refractivity contribution is 8.01.